The molecule has 0 aliphatic carbocycles. The maximum Gasteiger partial charge on any atom is 0.343 e. The fourth-order valence-electron chi connectivity index (χ4n) is 3.24. The Morgan fingerprint density at radius 1 is 0.806 bits per heavy atom. The number of hydrogen-bond acceptors (Lipinski definition) is 3. The van der Waals surface area contributed by atoms with E-state index < -0.39 is 5.97 Å². The molecule has 0 aliphatic heterocycles. The third kappa shape index (κ3) is 4.74. The van der Waals surface area contributed by atoms with Crippen LogP contribution in [0.5, 0.6) is 11.5 Å². The Balaban J connectivity index is 1.57. The first kappa shape index (κ1) is 21.0. The number of benzene rings is 4. The summed E-state index contributed by atoms with van der Waals surface area (Å²) in [5, 5.41) is 3.03. The molecule has 0 unspecified atom stereocenters. The molecular weight excluding hydrogens is 431 g/mol. The molecule has 31 heavy (non-hydrogen) atoms. The number of fused-ring (bicyclic) bond motifs is 1. The molecule has 0 radical (unpaired) electrons. The molecule has 3 nitrogen and oxygen atoms in total. The summed E-state index contributed by atoms with van der Waals surface area (Å²) in [6.07, 6.45) is 4.05. The normalized spacial score (nSPS) is 11.1. The third-order valence-electron chi connectivity index (χ3n) is 4.82. The first-order chi connectivity index (χ1) is 15.0. The SMILES string of the molecule is COc1cc(/C=C/c2cccc3ccccc23)ccc1OC(=O)c1ccc(Cl)c(Cl)c1. The van der Waals surface area contributed by atoms with Crippen LogP contribution in [0.3, 0.4) is 0 Å². The average molecular weight is 449 g/mol. The van der Waals surface area contributed by atoms with Crippen LogP contribution in [0.25, 0.3) is 22.9 Å². The maximum atomic E-state index is 12.5. The predicted octanol–water partition coefficient (Wildman–Crippen LogP) is 7.54. The number of hydrogen-bond donors (Lipinski definition) is 0. The molecule has 0 bridgehead atoms. The average Bonchev–Trinajstić information content (AvgIpc) is 2.80. The molecule has 0 saturated carbocycles. The van der Waals surface area contributed by atoms with E-state index in [0.717, 1.165) is 11.1 Å². The molecule has 4 aromatic rings. The van der Waals surface area contributed by atoms with E-state index in [1.54, 1.807) is 18.2 Å². The highest BCUT2D eigenvalue weighted by atomic mass is 35.5. The van der Waals surface area contributed by atoms with Gasteiger partial charge in [-0.1, -0.05) is 83.9 Å². The monoisotopic (exact) mass is 448 g/mol. The fraction of sp³-hybridized carbons (Fsp3) is 0.0385. The largest absolute Gasteiger partial charge is 0.493 e. The Bertz CT molecular complexity index is 1290. The van der Waals surface area contributed by atoms with E-state index >= 15 is 0 Å². The molecule has 4 aromatic carbocycles. The molecule has 0 atom stereocenters. The number of carbonyl (C=O) groups excluding carboxylic acids is 1. The molecule has 0 saturated heterocycles. The van der Waals surface area contributed by atoms with Crippen molar-refractivity contribution in [2.45, 2.75) is 0 Å². The molecule has 154 valence electrons. The van der Waals surface area contributed by atoms with Crippen LogP contribution >= 0.6 is 23.2 Å². The van der Waals surface area contributed by atoms with Gasteiger partial charge in [-0.15, -0.1) is 0 Å². The minimum absolute atomic E-state index is 0.289. The molecule has 0 aromatic heterocycles. The zero-order valence-corrected chi connectivity index (χ0v) is 18.2. The van der Waals surface area contributed by atoms with Crippen LogP contribution in [0.1, 0.15) is 21.5 Å². The van der Waals surface area contributed by atoms with E-state index in [2.05, 4.69) is 30.3 Å². The first-order valence-electron chi connectivity index (χ1n) is 9.56. The van der Waals surface area contributed by atoms with Crippen LogP contribution in [0.4, 0.5) is 0 Å². The standard InChI is InChI=1S/C26H18Cl2O3/c1-30-25-15-17(9-11-19-7-4-6-18-5-2-3-8-21(18)19)10-14-24(25)31-26(29)20-12-13-22(27)23(28)16-20/h2-16H,1H3/b11-9+. The van der Waals surface area contributed by atoms with Gasteiger partial charge in [0.05, 0.1) is 22.7 Å². The smallest absolute Gasteiger partial charge is 0.343 e. The maximum absolute atomic E-state index is 12.5. The van der Waals surface area contributed by atoms with E-state index in [1.807, 2.05) is 36.4 Å². The highest BCUT2D eigenvalue weighted by molar-refractivity contribution is 6.42. The van der Waals surface area contributed by atoms with E-state index in [0.29, 0.717) is 22.1 Å². The highest BCUT2D eigenvalue weighted by Crippen LogP contribution is 2.31. The number of methoxy groups -OCH3 is 1. The second kappa shape index (κ2) is 9.25. The zero-order valence-electron chi connectivity index (χ0n) is 16.6. The molecule has 0 aliphatic rings. The molecular formula is C26H18Cl2O3. The molecule has 0 fully saturated rings. The van der Waals surface area contributed by atoms with Gasteiger partial charge in [0.2, 0.25) is 0 Å². The van der Waals surface area contributed by atoms with Gasteiger partial charge < -0.3 is 9.47 Å². The van der Waals surface area contributed by atoms with Gasteiger partial charge in [0.15, 0.2) is 11.5 Å². The zero-order chi connectivity index (χ0) is 21.8. The number of halogens is 2. The summed E-state index contributed by atoms with van der Waals surface area (Å²) in [5.41, 5.74) is 2.34. The van der Waals surface area contributed by atoms with Crippen molar-refractivity contribution in [2.75, 3.05) is 7.11 Å². The molecule has 5 heteroatoms. The van der Waals surface area contributed by atoms with Crippen molar-refractivity contribution in [1.29, 1.82) is 0 Å². The van der Waals surface area contributed by atoms with Gasteiger partial charge in [0.1, 0.15) is 0 Å². The van der Waals surface area contributed by atoms with Gasteiger partial charge in [0, 0.05) is 0 Å². The van der Waals surface area contributed by atoms with Crippen LogP contribution in [0, 0.1) is 0 Å². The summed E-state index contributed by atoms with van der Waals surface area (Å²) in [5.74, 6) is 0.227. The first-order valence-corrected chi connectivity index (χ1v) is 10.3. The topological polar surface area (TPSA) is 35.5 Å². The van der Waals surface area contributed by atoms with Crippen molar-refractivity contribution < 1.29 is 14.3 Å². The van der Waals surface area contributed by atoms with Crippen LogP contribution < -0.4 is 9.47 Å². The van der Waals surface area contributed by atoms with Crippen LogP contribution in [-0.2, 0) is 0 Å². The number of carbonyl (C=O) groups is 1. The van der Waals surface area contributed by atoms with Gasteiger partial charge in [-0.05, 0) is 52.2 Å². The van der Waals surface area contributed by atoms with Crippen molar-refractivity contribution in [3.63, 3.8) is 0 Å². The predicted molar refractivity (Wildman–Crippen MR) is 127 cm³/mol. The minimum Gasteiger partial charge on any atom is -0.493 e. The lowest BCUT2D eigenvalue weighted by atomic mass is 10.0. The fourth-order valence-corrected chi connectivity index (χ4v) is 3.53. The van der Waals surface area contributed by atoms with Gasteiger partial charge >= 0.3 is 5.97 Å². The van der Waals surface area contributed by atoms with Crippen LogP contribution in [0.15, 0.2) is 78.9 Å². The van der Waals surface area contributed by atoms with E-state index in [1.165, 1.54) is 23.9 Å². The van der Waals surface area contributed by atoms with E-state index in [9.17, 15) is 4.79 Å². The van der Waals surface area contributed by atoms with Crippen molar-refractivity contribution >= 4 is 52.1 Å². The summed E-state index contributed by atoms with van der Waals surface area (Å²) < 4.78 is 10.9. The Labute approximate surface area is 190 Å². The summed E-state index contributed by atoms with van der Waals surface area (Å²) in [4.78, 5) is 12.5. The van der Waals surface area contributed by atoms with Crippen LogP contribution in [0.2, 0.25) is 10.0 Å². The Morgan fingerprint density at radius 2 is 1.61 bits per heavy atom. The number of esters is 1. The van der Waals surface area contributed by atoms with Crippen molar-refractivity contribution in [1.82, 2.24) is 0 Å². The third-order valence-corrected chi connectivity index (χ3v) is 5.56. The second-order valence-corrected chi connectivity index (χ2v) is 7.64. The summed E-state index contributed by atoms with van der Waals surface area (Å²) >= 11 is 11.9. The number of rotatable bonds is 5. The highest BCUT2D eigenvalue weighted by Gasteiger charge is 2.14. The Morgan fingerprint density at radius 3 is 2.42 bits per heavy atom. The molecule has 0 N–H and O–H groups in total. The Hall–Kier alpha value is -3.27. The summed E-state index contributed by atoms with van der Waals surface area (Å²) in [6, 6.07) is 24.4. The van der Waals surface area contributed by atoms with Gasteiger partial charge in [-0.25, -0.2) is 4.79 Å². The van der Waals surface area contributed by atoms with Gasteiger partial charge in [-0.3, -0.25) is 0 Å². The quantitative estimate of drug-likeness (QED) is 0.179. The summed E-state index contributed by atoms with van der Waals surface area (Å²) in [6.45, 7) is 0. The van der Waals surface area contributed by atoms with Crippen LogP contribution in [-0.4, -0.2) is 13.1 Å². The molecule has 0 spiro atoms. The minimum atomic E-state index is -0.545. The van der Waals surface area contributed by atoms with Gasteiger partial charge in [0.25, 0.3) is 0 Å². The van der Waals surface area contributed by atoms with Crippen molar-refractivity contribution in [3.8, 4) is 11.5 Å². The van der Waals surface area contributed by atoms with Gasteiger partial charge in [-0.2, -0.15) is 0 Å². The van der Waals surface area contributed by atoms with Crippen molar-refractivity contribution in [3.05, 3.63) is 106 Å². The lowest BCUT2D eigenvalue weighted by Gasteiger charge is -2.10. The van der Waals surface area contributed by atoms with Crippen molar-refractivity contribution in [2.24, 2.45) is 0 Å². The van der Waals surface area contributed by atoms with E-state index in [4.69, 9.17) is 32.7 Å². The lowest BCUT2D eigenvalue weighted by molar-refractivity contribution is 0.0729. The number of ether oxygens (including phenoxy) is 2. The molecule has 0 amide bonds. The molecule has 0 heterocycles. The lowest BCUT2D eigenvalue weighted by Crippen LogP contribution is -2.09. The molecule has 4 rings (SSSR count). The summed E-state index contributed by atoms with van der Waals surface area (Å²) in [7, 11) is 1.53. The second-order valence-electron chi connectivity index (χ2n) is 6.83. The van der Waals surface area contributed by atoms with E-state index in [-0.39, 0.29) is 5.02 Å². The Kier molecular flexibility index (Phi) is 6.26.